The van der Waals surface area contributed by atoms with Crippen LogP contribution in [0.3, 0.4) is 0 Å². The summed E-state index contributed by atoms with van der Waals surface area (Å²) < 4.78 is 42.9. The molecule has 0 bridgehead atoms. The second-order valence-corrected chi connectivity index (χ2v) is 11.1. The Balaban J connectivity index is 0.00000267. The minimum atomic E-state index is -4.70. The molecule has 4 N–H and O–H groups in total. The predicted octanol–water partition coefficient (Wildman–Crippen LogP) is 6.57. The van der Waals surface area contributed by atoms with E-state index in [9.17, 15) is 13.2 Å². The van der Waals surface area contributed by atoms with E-state index in [0.717, 1.165) is 62.3 Å². The molecule has 0 radical (unpaired) electrons. The lowest BCUT2D eigenvalue weighted by atomic mass is 9.78. The molecule has 1 unspecified atom stereocenters. The Bertz CT molecular complexity index is 1110. The van der Waals surface area contributed by atoms with Gasteiger partial charge in [0, 0.05) is 35.7 Å². The molecule has 4 rings (SSSR count). The highest BCUT2D eigenvalue weighted by molar-refractivity contribution is 9.10. The average molecular weight is 655 g/mol. The third-order valence-corrected chi connectivity index (χ3v) is 7.67. The standard InChI is InChI=1S/C27H35BrF3N5O.2ClH/c1-36(2)25-22-7-3-4-8-23(22)34-26(32,35-25)20-12-9-18(10-13-20)17-33-15-5-6-19-11-14-21(28)16-24(19)37-27(29,30)31;;/h3-4,7-8,11,14,16,18,20,33-34H,5-6,9-10,12-13,15,17,32H2,1-2H3;2*1H. The quantitative estimate of drug-likeness (QED) is 0.281. The van der Waals surface area contributed by atoms with Gasteiger partial charge in [-0.3, -0.25) is 5.73 Å². The fourth-order valence-corrected chi connectivity index (χ4v) is 5.61. The van der Waals surface area contributed by atoms with E-state index in [-0.39, 0.29) is 36.5 Å². The first kappa shape index (κ1) is 33.5. The summed E-state index contributed by atoms with van der Waals surface area (Å²) in [6, 6.07) is 12.9. The number of para-hydroxylation sites is 1. The Labute approximate surface area is 249 Å². The lowest BCUT2D eigenvalue weighted by Gasteiger charge is -2.43. The van der Waals surface area contributed by atoms with Crippen molar-refractivity contribution in [1.82, 2.24) is 10.2 Å². The molecule has 1 atom stereocenters. The number of halogens is 6. The number of ether oxygens (including phenoxy) is 1. The predicted molar refractivity (Wildman–Crippen MR) is 159 cm³/mol. The van der Waals surface area contributed by atoms with Gasteiger partial charge in [-0.15, -0.1) is 38.0 Å². The number of alkyl halides is 3. The Morgan fingerprint density at radius 1 is 1.13 bits per heavy atom. The summed E-state index contributed by atoms with van der Waals surface area (Å²) >= 11 is 3.21. The molecule has 0 aromatic heterocycles. The summed E-state index contributed by atoms with van der Waals surface area (Å²) in [5.74, 6) is 0.708. The zero-order valence-corrected chi connectivity index (χ0v) is 25.3. The van der Waals surface area contributed by atoms with Crippen LogP contribution in [0, 0.1) is 11.8 Å². The van der Waals surface area contributed by atoms with Crippen molar-refractivity contribution in [1.29, 1.82) is 0 Å². The van der Waals surface area contributed by atoms with Crippen LogP contribution in [0.2, 0.25) is 0 Å². The number of aryl methyl sites for hydroxylation is 1. The van der Waals surface area contributed by atoms with Crippen LogP contribution in [0.5, 0.6) is 5.75 Å². The summed E-state index contributed by atoms with van der Waals surface area (Å²) in [6.45, 7) is 1.62. The number of anilines is 1. The van der Waals surface area contributed by atoms with Crippen LogP contribution in [-0.2, 0) is 6.42 Å². The smallest absolute Gasteiger partial charge is 0.405 e. The molecule has 1 aliphatic heterocycles. The molecule has 218 valence electrons. The minimum absolute atomic E-state index is 0. The van der Waals surface area contributed by atoms with Crippen LogP contribution >= 0.6 is 40.7 Å². The highest BCUT2D eigenvalue weighted by Gasteiger charge is 2.41. The van der Waals surface area contributed by atoms with Crippen LogP contribution < -0.4 is 21.1 Å². The molecule has 0 saturated heterocycles. The summed E-state index contributed by atoms with van der Waals surface area (Å²) in [4.78, 5) is 6.98. The van der Waals surface area contributed by atoms with Crippen LogP contribution in [0.15, 0.2) is 51.9 Å². The first-order chi connectivity index (χ1) is 17.5. The SMILES string of the molecule is CN(C)C1=NC(N)(C2CCC(CNCCCc3ccc(Br)cc3OC(F)(F)F)CC2)Nc2ccccc21.Cl.Cl. The molecule has 2 aromatic rings. The molecule has 1 aliphatic carbocycles. The number of rotatable bonds is 8. The van der Waals surface area contributed by atoms with Crippen molar-refractivity contribution in [3.63, 3.8) is 0 Å². The van der Waals surface area contributed by atoms with Crippen LogP contribution in [0.4, 0.5) is 18.9 Å². The average Bonchev–Trinajstić information content (AvgIpc) is 2.84. The molecule has 6 nitrogen and oxygen atoms in total. The van der Waals surface area contributed by atoms with E-state index < -0.39 is 12.1 Å². The van der Waals surface area contributed by atoms with E-state index in [0.29, 0.717) is 22.4 Å². The Kier molecular flexibility index (Phi) is 12.2. The maximum Gasteiger partial charge on any atom is 0.573 e. The molecule has 0 spiro atoms. The van der Waals surface area contributed by atoms with E-state index in [1.807, 2.05) is 31.1 Å². The third-order valence-electron chi connectivity index (χ3n) is 7.17. The Hall–Kier alpha value is -1.72. The molecule has 2 aliphatic rings. The summed E-state index contributed by atoms with van der Waals surface area (Å²) in [5.41, 5.74) is 9.48. The molecule has 0 amide bonds. The van der Waals surface area contributed by atoms with Crippen molar-refractivity contribution >= 4 is 52.3 Å². The van der Waals surface area contributed by atoms with Gasteiger partial charge >= 0.3 is 6.36 Å². The van der Waals surface area contributed by atoms with Gasteiger partial charge in [-0.05, 0) is 87.4 Å². The lowest BCUT2D eigenvalue weighted by Crippen LogP contribution is -2.56. The van der Waals surface area contributed by atoms with E-state index in [4.69, 9.17) is 10.7 Å². The molecular formula is C27H37BrCl2F3N5O. The maximum atomic E-state index is 12.7. The van der Waals surface area contributed by atoms with Gasteiger partial charge in [0.2, 0.25) is 0 Å². The summed E-state index contributed by atoms with van der Waals surface area (Å²) in [6.07, 6.45) is 0.616. The second-order valence-electron chi connectivity index (χ2n) is 10.2. The Morgan fingerprint density at radius 2 is 1.82 bits per heavy atom. The van der Waals surface area contributed by atoms with Gasteiger partial charge in [0.25, 0.3) is 0 Å². The number of nitrogens with one attached hydrogen (secondary N) is 2. The van der Waals surface area contributed by atoms with Crippen molar-refractivity contribution in [3.8, 4) is 5.75 Å². The Morgan fingerprint density at radius 3 is 2.49 bits per heavy atom. The van der Waals surface area contributed by atoms with Gasteiger partial charge in [-0.2, -0.15) is 0 Å². The fraction of sp³-hybridized carbons (Fsp3) is 0.519. The summed E-state index contributed by atoms with van der Waals surface area (Å²) in [5, 5.41) is 6.99. The van der Waals surface area contributed by atoms with E-state index in [1.165, 1.54) is 6.07 Å². The van der Waals surface area contributed by atoms with Gasteiger partial charge in [0.1, 0.15) is 11.6 Å². The van der Waals surface area contributed by atoms with E-state index in [2.05, 4.69) is 43.4 Å². The van der Waals surface area contributed by atoms with Gasteiger partial charge in [0.05, 0.1) is 0 Å². The molecular weight excluding hydrogens is 618 g/mol. The molecule has 39 heavy (non-hydrogen) atoms. The first-order valence-corrected chi connectivity index (χ1v) is 13.5. The van der Waals surface area contributed by atoms with Gasteiger partial charge in [-0.25, -0.2) is 4.99 Å². The molecule has 1 heterocycles. The number of hydrogen-bond acceptors (Lipinski definition) is 6. The van der Waals surface area contributed by atoms with Crippen molar-refractivity contribution < 1.29 is 17.9 Å². The number of nitrogens with zero attached hydrogens (tertiary/aromatic N) is 2. The van der Waals surface area contributed by atoms with Crippen molar-refractivity contribution in [3.05, 3.63) is 58.1 Å². The number of nitrogens with two attached hydrogens (primary N) is 1. The van der Waals surface area contributed by atoms with Crippen LogP contribution in [0.1, 0.15) is 43.2 Å². The van der Waals surface area contributed by atoms with Crippen molar-refractivity contribution in [2.24, 2.45) is 22.6 Å². The van der Waals surface area contributed by atoms with Gasteiger partial charge < -0.3 is 20.3 Å². The molecule has 2 aromatic carbocycles. The van der Waals surface area contributed by atoms with Gasteiger partial charge in [0.15, 0.2) is 5.79 Å². The number of benzene rings is 2. The molecule has 12 heteroatoms. The highest BCUT2D eigenvalue weighted by atomic mass is 79.9. The van der Waals surface area contributed by atoms with E-state index in [1.54, 1.807) is 12.1 Å². The highest BCUT2D eigenvalue weighted by Crippen LogP contribution is 2.39. The monoisotopic (exact) mass is 653 g/mol. The molecule has 1 fully saturated rings. The lowest BCUT2D eigenvalue weighted by molar-refractivity contribution is -0.274. The minimum Gasteiger partial charge on any atom is -0.405 e. The topological polar surface area (TPSA) is 74.9 Å². The number of amidine groups is 1. The summed E-state index contributed by atoms with van der Waals surface area (Å²) in [7, 11) is 3.98. The number of hydrogen-bond donors (Lipinski definition) is 3. The van der Waals surface area contributed by atoms with Crippen LogP contribution in [-0.4, -0.2) is 50.1 Å². The van der Waals surface area contributed by atoms with Crippen LogP contribution in [0.25, 0.3) is 0 Å². The third kappa shape index (κ3) is 8.88. The van der Waals surface area contributed by atoms with E-state index >= 15 is 0 Å². The fourth-order valence-electron chi connectivity index (χ4n) is 5.27. The number of aliphatic imine (C=N–C) groups is 1. The maximum absolute atomic E-state index is 12.7. The zero-order chi connectivity index (χ0) is 26.6. The first-order valence-electron chi connectivity index (χ1n) is 12.7. The normalized spacial score (nSPS) is 22.4. The largest absolute Gasteiger partial charge is 0.573 e. The van der Waals surface area contributed by atoms with Crippen molar-refractivity contribution in [2.45, 2.75) is 50.7 Å². The number of fused-ring (bicyclic) bond motifs is 1. The van der Waals surface area contributed by atoms with Crippen molar-refractivity contribution in [2.75, 3.05) is 32.5 Å². The zero-order valence-electron chi connectivity index (χ0n) is 22.1. The molecule has 1 saturated carbocycles. The second kappa shape index (κ2) is 14.3. The van der Waals surface area contributed by atoms with Gasteiger partial charge in [-0.1, -0.05) is 34.1 Å².